The van der Waals surface area contributed by atoms with Crippen LogP contribution in [-0.2, 0) is 21.7 Å². The number of para-hydroxylation sites is 3. The van der Waals surface area contributed by atoms with Crippen LogP contribution in [0.4, 0.5) is 0 Å². The number of hydrogen-bond acceptors (Lipinski definition) is 2. The molecule has 44 heavy (non-hydrogen) atoms. The van der Waals surface area contributed by atoms with Crippen LogP contribution in [0.2, 0.25) is 0 Å². The molecule has 1 atom stereocenters. The van der Waals surface area contributed by atoms with Gasteiger partial charge in [0.2, 0.25) is 0 Å². The van der Waals surface area contributed by atoms with Crippen LogP contribution in [-0.4, -0.2) is 20.5 Å². The number of aryl methyl sites for hydroxylation is 3. The smallest absolute Gasteiger partial charge is 0.340 e. The first-order chi connectivity index (χ1) is 21.4. The van der Waals surface area contributed by atoms with Crippen LogP contribution in [0.15, 0.2) is 78.9 Å². The largest absolute Gasteiger partial charge is 0.441 e. The molecule has 0 radical (unpaired) electrons. The van der Waals surface area contributed by atoms with Crippen molar-refractivity contribution in [3.05, 3.63) is 113 Å². The number of hydrogen-bond donors (Lipinski definition) is 2. The molecule has 6 aromatic rings. The van der Waals surface area contributed by atoms with Crippen LogP contribution < -0.4 is 0 Å². The molecule has 0 amide bonds. The van der Waals surface area contributed by atoms with E-state index in [2.05, 4.69) is 96.0 Å². The lowest BCUT2D eigenvalue weighted by molar-refractivity contribution is -0.142. The first-order valence-electron chi connectivity index (χ1n) is 16.1. The van der Waals surface area contributed by atoms with E-state index in [0.29, 0.717) is 5.57 Å². The molecule has 3 aromatic carbocycles. The molecule has 5 heteroatoms. The zero-order valence-electron chi connectivity index (χ0n) is 26.2. The Morgan fingerprint density at radius 2 is 1.32 bits per heavy atom. The Hall–Kier alpha value is -4.51. The van der Waals surface area contributed by atoms with Crippen molar-refractivity contribution in [2.45, 2.75) is 78.4 Å². The van der Waals surface area contributed by atoms with E-state index < -0.39 is 5.60 Å². The second kappa shape index (κ2) is 11.2. The van der Waals surface area contributed by atoms with Crippen molar-refractivity contribution < 1.29 is 9.53 Å². The molecule has 1 aliphatic heterocycles. The minimum absolute atomic E-state index is 0.297. The number of nitrogens with zero attached hydrogens (tertiary/aromatic N) is 1. The zero-order chi connectivity index (χ0) is 30.4. The van der Waals surface area contributed by atoms with Crippen LogP contribution in [0, 0.1) is 20.8 Å². The van der Waals surface area contributed by atoms with E-state index in [9.17, 15) is 4.79 Å². The summed E-state index contributed by atoms with van der Waals surface area (Å²) in [6.07, 6.45) is 9.58. The summed E-state index contributed by atoms with van der Waals surface area (Å²) in [5.74, 6) is -0.297. The van der Waals surface area contributed by atoms with Crippen molar-refractivity contribution >= 4 is 44.3 Å². The second-order valence-electron chi connectivity index (χ2n) is 12.4. The molecular weight excluding hydrogens is 542 g/mol. The topological polar surface area (TPSA) is 62.8 Å². The van der Waals surface area contributed by atoms with Gasteiger partial charge in [-0.25, -0.2) is 4.79 Å². The molecule has 4 heterocycles. The standard InChI is InChI=1S/C39H41N3O2/c1-5-6-7-8-9-16-23-42-27(4)37(30-19-12-15-22-34(30)42)39(36-26(3)41-33-21-14-11-18-29(33)36)24-31(38(43)44-39)35-25(2)40-32-20-13-10-17-28(32)35/h10-15,17-22,24,40-41H,5-9,16,23H2,1-4H3. The average Bonchev–Trinajstić information content (AvgIpc) is 3.73. The summed E-state index contributed by atoms with van der Waals surface area (Å²) >= 11 is 0. The van der Waals surface area contributed by atoms with Gasteiger partial charge in [-0.05, 0) is 51.5 Å². The number of cyclic esters (lactones) is 1. The predicted octanol–water partition coefficient (Wildman–Crippen LogP) is 9.77. The Labute approximate surface area is 258 Å². The maximum Gasteiger partial charge on any atom is 0.340 e. The highest BCUT2D eigenvalue weighted by atomic mass is 16.6. The number of aromatic nitrogens is 3. The number of fused-ring (bicyclic) bond motifs is 3. The lowest BCUT2D eigenvalue weighted by Gasteiger charge is -2.29. The van der Waals surface area contributed by atoms with Crippen LogP contribution in [0.3, 0.4) is 0 Å². The lowest BCUT2D eigenvalue weighted by atomic mass is 9.82. The Bertz CT molecular complexity index is 2050. The van der Waals surface area contributed by atoms with Gasteiger partial charge in [0, 0.05) is 73.0 Å². The molecule has 3 aromatic heterocycles. The summed E-state index contributed by atoms with van der Waals surface area (Å²) in [5.41, 5.74) is 8.81. The fourth-order valence-electron chi connectivity index (χ4n) is 7.66. The van der Waals surface area contributed by atoms with Gasteiger partial charge in [-0.3, -0.25) is 0 Å². The van der Waals surface area contributed by atoms with Gasteiger partial charge < -0.3 is 19.3 Å². The quantitative estimate of drug-likeness (QED) is 0.125. The van der Waals surface area contributed by atoms with Gasteiger partial charge in [-0.15, -0.1) is 0 Å². The molecule has 224 valence electrons. The lowest BCUT2D eigenvalue weighted by Crippen LogP contribution is -2.29. The molecule has 0 bridgehead atoms. The number of carbonyl (C=O) groups is 1. The van der Waals surface area contributed by atoms with E-state index in [0.717, 1.165) is 73.9 Å². The molecule has 0 saturated carbocycles. The highest BCUT2D eigenvalue weighted by molar-refractivity contribution is 6.23. The summed E-state index contributed by atoms with van der Waals surface area (Å²) in [6, 6.07) is 25.1. The van der Waals surface area contributed by atoms with Gasteiger partial charge in [0.1, 0.15) is 0 Å². The van der Waals surface area contributed by atoms with Crippen molar-refractivity contribution in [2.24, 2.45) is 0 Å². The minimum atomic E-state index is -1.10. The monoisotopic (exact) mass is 583 g/mol. The summed E-state index contributed by atoms with van der Waals surface area (Å²) in [7, 11) is 0. The summed E-state index contributed by atoms with van der Waals surface area (Å²) in [6.45, 7) is 9.54. The van der Waals surface area contributed by atoms with E-state index in [-0.39, 0.29) is 5.97 Å². The number of carbonyl (C=O) groups excluding carboxylic acids is 1. The summed E-state index contributed by atoms with van der Waals surface area (Å²) < 4.78 is 9.25. The molecule has 7 rings (SSSR count). The first-order valence-corrected chi connectivity index (χ1v) is 16.1. The summed E-state index contributed by atoms with van der Waals surface area (Å²) in [4.78, 5) is 21.3. The van der Waals surface area contributed by atoms with Gasteiger partial charge in [-0.2, -0.15) is 0 Å². The number of esters is 1. The average molecular weight is 584 g/mol. The van der Waals surface area contributed by atoms with Crippen LogP contribution in [0.5, 0.6) is 0 Å². The maximum atomic E-state index is 14.2. The Morgan fingerprint density at radius 1 is 0.705 bits per heavy atom. The van der Waals surface area contributed by atoms with Crippen molar-refractivity contribution in [3.63, 3.8) is 0 Å². The van der Waals surface area contributed by atoms with Crippen LogP contribution in [0.1, 0.15) is 79.2 Å². The van der Waals surface area contributed by atoms with Gasteiger partial charge in [-0.1, -0.05) is 93.6 Å². The molecule has 0 fully saturated rings. The van der Waals surface area contributed by atoms with Crippen molar-refractivity contribution in [3.8, 4) is 0 Å². The Kier molecular flexibility index (Phi) is 7.20. The van der Waals surface area contributed by atoms with E-state index in [1.54, 1.807) is 0 Å². The molecule has 1 unspecified atom stereocenters. The Balaban J connectivity index is 1.47. The van der Waals surface area contributed by atoms with Gasteiger partial charge in [0.05, 0.1) is 5.57 Å². The van der Waals surface area contributed by atoms with Crippen molar-refractivity contribution in [1.82, 2.24) is 14.5 Å². The van der Waals surface area contributed by atoms with E-state index >= 15 is 0 Å². The minimum Gasteiger partial charge on any atom is -0.441 e. The molecular formula is C39H41N3O2. The Morgan fingerprint density at radius 3 is 2.09 bits per heavy atom. The van der Waals surface area contributed by atoms with E-state index in [1.165, 1.54) is 37.6 Å². The number of H-pyrrole nitrogens is 2. The number of nitrogens with one attached hydrogen (secondary N) is 2. The van der Waals surface area contributed by atoms with Gasteiger partial charge >= 0.3 is 5.97 Å². The number of rotatable bonds is 10. The number of unbranched alkanes of at least 4 members (excludes halogenated alkanes) is 5. The number of benzene rings is 3. The van der Waals surface area contributed by atoms with E-state index in [4.69, 9.17) is 4.74 Å². The molecule has 0 aliphatic carbocycles. The van der Waals surface area contributed by atoms with Crippen molar-refractivity contribution in [2.75, 3.05) is 0 Å². The highest BCUT2D eigenvalue weighted by Crippen LogP contribution is 2.51. The number of aromatic amines is 2. The SMILES string of the molecule is CCCCCCCCn1c(C)c(C2(c3c(C)[nH]c4ccccc34)C=C(c3c(C)[nH]c4ccccc34)C(=O)O2)c2ccccc21. The fraction of sp³-hybridized carbons (Fsp3) is 0.308. The number of ether oxygens (including phenoxy) is 1. The fourth-order valence-corrected chi connectivity index (χ4v) is 7.66. The van der Waals surface area contributed by atoms with Gasteiger partial charge in [0.25, 0.3) is 0 Å². The molecule has 1 aliphatic rings. The normalized spacial score (nSPS) is 16.8. The molecule has 5 nitrogen and oxygen atoms in total. The summed E-state index contributed by atoms with van der Waals surface area (Å²) in [5, 5.41) is 3.22. The third-order valence-electron chi connectivity index (χ3n) is 9.59. The van der Waals surface area contributed by atoms with Gasteiger partial charge in [0.15, 0.2) is 5.60 Å². The maximum absolute atomic E-state index is 14.2. The first kappa shape index (κ1) is 28.3. The second-order valence-corrected chi connectivity index (χ2v) is 12.4. The third kappa shape index (κ3) is 4.40. The molecule has 0 spiro atoms. The van der Waals surface area contributed by atoms with E-state index in [1.807, 2.05) is 25.1 Å². The van der Waals surface area contributed by atoms with Crippen molar-refractivity contribution in [1.29, 1.82) is 0 Å². The molecule has 2 N–H and O–H groups in total. The van der Waals surface area contributed by atoms with Crippen LogP contribution in [0.25, 0.3) is 38.3 Å². The third-order valence-corrected chi connectivity index (χ3v) is 9.59. The van der Waals surface area contributed by atoms with Crippen LogP contribution >= 0.6 is 0 Å². The predicted molar refractivity (Wildman–Crippen MR) is 181 cm³/mol. The molecule has 0 saturated heterocycles. The zero-order valence-corrected chi connectivity index (χ0v) is 26.2. The highest BCUT2D eigenvalue weighted by Gasteiger charge is 2.49.